The Morgan fingerprint density at radius 1 is 0.818 bits per heavy atom. The molecule has 0 aliphatic rings. The molecule has 6 nitrogen and oxygen atoms in total. The minimum atomic E-state index is -3.09. The largest absolute Gasteiger partial charge is 0.487 e. The fraction of sp³-hybridized carbons (Fsp3) is 0.250. The van der Waals surface area contributed by atoms with Crippen molar-refractivity contribution in [3.8, 4) is 11.5 Å². The number of rotatable bonds is 13. The molecule has 1 heterocycles. The molecule has 5 rings (SSSR count). The smallest absolute Gasteiger partial charge is 0.306 e. The second kappa shape index (κ2) is 13.4. The lowest BCUT2D eigenvalue weighted by molar-refractivity contribution is -0.0467. The summed E-state index contributed by atoms with van der Waals surface area (Å²) in [5, 5.41) is 15.3. The zero-order chi connectivity index (χ0) is 31.2. The van der Waals surface area contributed by atoms with E-state index in [-0.39, 0.29) is 17.7 Å². The Bertz CT molecular complexity index is 1720. The molecule has 8 heteroatoms. The molecule has 1 aromatic heterocycles. The summed E-state index contributed by atoms with van der Waals surface area (Å²) in [6.07, 6.45) is -0.228. The molecule has 0 radical (unpaired) electrons. The molecule has 3 N–H and O–H groups in total. The topological polar surface area (TPSA) is 83.6 Å². The fourth-order valence-corrected chi connectivity index (χ4v) is 5.09. The van der Waals surface area contributed by atoms with Gasteiger partial charge in [0, 0.05) is 29.1 Å². The normalized spacial score (nSPS) is 12.7. The average Bonchev–Trinajstić information content (AvgIpc) is 3.03. The van der Waals surface area contributed by atoms with Gasteiger partial charge in [0.2, 0.25) is 5.56 Å². The summed E-state index contributed by atoms with van der Waals surface area (Å²) in [6.45, 7) is 3.92. The second-order valence-electron chi connectivity index (χ2n) is 11.5. The molecule has 0 spiro atoms. The molecular formula is C36H36F2N2O4. The first-order valence-electron chi connectivity index (χ1n) is 14.5. The number of fused-ring (bicyclic) bond motifs is 1. The highest BCUT2D eigenvalue weighted by Gasteiger charge is 2.32. The zero-order valence-corrected chi connectivity index (χ0v) is 24.7. The van der Waals surface area contributed by atoms with Crippen molar-refractivity contribution in [1.82, 2.24) is 10.3 Å². The highest BCUT2D eigenvalue weighted by Crippen LogP contribution is 2.31. The van der Waals surface area contributed by atoms with Crippen molar-refractivity contribution in [2.24, 2.45) is 0 Å². The first-order valence-corrected chi connectivity index (χ1v) is 14.5. The Morgan fingerprint density at radius 2 is 1.50 bits per heavy atom. The van der Waals surface area contributed by atoms with Crippen LogP contribution in [0.5, 0.6) is 11.5 Å². The van der Waals surface area contributed by atoms with Crippen molar-refractivity contribution in [1.29, 1.82) is 0 Å². The lowest BCUT2D eigenvalue weighted by atomic mass is 9.94. The number of ether oxygens (including phenoxy) is 2. The third-order valence-corrected chi connectivity index (χ3v) is 7.45. The molecule has 0 aliphatic carbocycles. The number of halogens is 2. The number of H-pyrrole nitrogens is 1. The van der Waals surface area contributed by atoms with E-state index in [1.165, 1.54) is 18.2 Å². The van der Waals surface area contributed by atoms with Gasteiger partial charge in [-0.3, -0.25) is 4.79 Å². The molecule has 0 saturated carbocycles. The number of aliphatic hydroxyl groups is 1. The first kappa shape index (κ1) is 30.9. The van der Waals surface area contributed by atoms with E-state index in [1.807, 2.05) is 62.4 Å². The fourth-order valence-electron chi connectivity index (χ4n) is 5.09. The van der Waals surface area contributed by atoms with Gasteiger partial charge in [-0.2, -0.15) is 8.78 Å². The van der Waals surface area contributed by atoms with Gasteiger partial charge in [0.1, 0.15) is 18.1 Å². The summed E-state index contributed by atoms with van der Waals surface area (Å²) in [4.78, 5) is 15.0. The van der Waals surface area contributed by atoms with Gasteiger partial charge in [-0.1, -0.05) is 78.9 Å². The summed E-state index contributed by atoms with van der Waals surface area (Å²) >= 11 is 0. The molecule has 228 valence electrons. The molecule has 4 aromatic carbocycles. The van der Waals surface area contributed by atoms with Crippen molar-refractivity contribution in [3.05, 3.63) is 142 Å². The van der Waals surface area contributed by atoms with E-state index in [9.17, 15) is 18.7 Å². The lowest BCUT2D eigenvalue weighted by Gasteiger charge is -2.28. The van der Waals surface area contributed by atoms with E-state index in [1.54, 1.807) is 42.5 Å². The van der Waals surface area contributed by atoms with Crippen LogP contribution >= 0.6 is 0 Å². The summed E-state index contributed by atoms with van der Waals surface area (Å²) in [5.74, 6) is -2.20. The van der Waals surface area contributed by atoms with Crippen LogP contribution in [0.2, 0.25) is 0 Å². The third-order valence-electron chi connectivity index (χ3n) is 7.45. The maximum atomic E-state index is 14.5. The summed E-state index contributed by atoms with van der Waals surface area (Å²) in [6, 6.07) is 31.2. The van der Waals surface area contributed by atoms with Gasteiger partial charge in [-0.25, -0.2) is 0 Å². The minimum Gasteiger partial charge on any atom is -0.487 e. The van der Waals surface area contributed by atoms with Gasteiger partial charge >= 0.3 is 5.92 Å². The predicted molar refractivity (Wildman–Crippen MR) is 168 cm³/mol. The summed E-state index contributed by atoms with van der Waals surface area (Å²) < 4.78 is 40.3. The maximum Gasteiger partial charge on any atom is 0.306 e. The Morgan fingerprint density at radius 3 is 2.20 bits per heavy atom. The van der Waals surface area contributed by atoms with Crippen molar-refractivity contribution < 1.29 is 23.4 Å². The van der Waals surface area contributed by atoms with E-state index in [0.29, 0.717) is 41.0 Å². The van der Waals surface area contributed by atoms with Crippen molar-refractivity contribution in [3.63, 3.8) is 0 Å². The number of alkyl halides is 2. The van der Waals surface area contributed by atoms with Gasteiger partial charge < -0.3 is 24.9 Å². The highest BCUT2D eigenvalue weighted by atomic mass is 19.3. The SMILES string of the molecule is CC(C)(Cc1ccc(OCC(F)(F)c2ccccc2)cc1)NC[C@@H](O)c1ccc(OCc2ccccc2)c2[nH]c(=O)ccc12. The number of aliphatic hydroxyl groups excluding tert-OH is 1. The zero-order valence-electron chi connectivity index (χ0n) is 24.7. The quantitative estimate of drug-likeness (QED) is 0.137. The molecule has 0 aliphatic heterocycles. The van der Waals surface area contributed by atoms with Crippen LogP contribution in [0.4, 0.5) is 8.78 Å². The third kappa shape index (κ3) is 7.89. The van der Waals surface area contributed by atoms with Crippen LogP contribution in [0.25, 0.3) is 10.9 Å². The Labute approximate surface area is 255 Å². The van der Waals surface area contributed by atoms with Gasteiger partial charge in [0.25, 0.3) is 0 Å². The summed E-state index contributed by atoms with van der Waals surface area (Å²) in [5.41, 5.74) is 2.46. The first-order chi connectivity index (χ1) is 21.1. The van der Waals surface area contributed by atoms with Crippen LogP contribution in [0, 0.1) is 0 Å². The van der Waals surface area contributed by atoms with Crippen LogP contribution in [0.1, 0.15) is 42.2 Å². The van der Waals surface area contributed by atoms with Gasteiger partial charge in [0.15, 0.2) is 6.61 Å². The number of aromatic amines is 1. The van der Waals surface area contributed by atoms with Gasteiger partial charge in [0.05, 0.1) is 11.6 Å². The average molecular weight is 599 g/mol. The van der Waals surface area contributed by atoms with Crippen LogP contribution in [0.15, 0.2) is 114 Å². The maximum absolute atomic E-state index is 14.5. The molecule has 0 bridgehead atoms. The van der Waals surface area contributed by atoms with E-state index in [2.05, 4.69) is 10.3 Å². The van der Waals surface area contributed by atoms with Crippen LogP contribution in [0.3, 0.4) is 0 Å². The van der Waals surface area contributed by atoms with Crippen molar-refractivity contribution in [2.75, 3.05) is 13.2 Å². The van der Waals surface area contributed by atoms with Crippen LogP contribution in [-0.2, 0) is 19.0 Å². The molecule has 0 fully saturated rings. The molecule has 1 atom stereocenters. The lowest BCUT2D eigenvalue weighted by Crippen LogP contribution is -2.43. The molecule has 0 saturated heterocycles. The number of pyridine rings is 1. The van der Waals surface area contributed by atoms with Gasteiger partial charge in [-0.15, -0.1) is 0 Å². The molecule has 0 unspecified atom stereocenters. The predicted octanol–water partition coefficient (Wildman–Crippen LogP) is 6.92. The van der Waals surface area contributed by atoms with Gasteiger partial charge in [-0.05, 0) is 61.2 Å². The number of aromatic nitrogens is 1. The highest BCUT2D eigenvalue weighted by molar-refractivity contribution is 5.87. The van der Waals surface area contributed by atoms with E-state index >= 15 is 0 Å². The molecule has 5 aromatic rings. The van der Waals surface area contributed by atoms with E-state index < -0.39 is 24.2 Å². The Hall–Kier alpha value is -4.53. The number of benzene rings is 4. The Kier molecular flexibility index (Phi) is 9.42. The molecule has 44 heavy (non-hydrogen) atoms. The Balaban J connectivity index is 1.19. The standard InChI is InChI=1S/C36H36F2N2O4/c1-35(2,21-25-13-15-28(16-14-25)44-24-36(37,38)27-11-7-4-8-12-27)39-22-31(41)29-17-19-32(34-30(29)18-20-33(42)40-34)43-23-26-9-5-3-6-10-26/h3-20,31,39,41H,21-24H2,1-2H3,(H,40,42)/t31-/m1/s1. The van der Waals surface area contributed by atoms with E-state index in [0.717, 1.165) is 11.1 Å². The molecule has 0 amide bonds. The van der Waals surface area contributed by atoms with Crippen LogP contribution < -0.4 is 20.3 Å². The van der Waals surface area contributed by atoms with Crippen molar-refractivity contribution in [2.45, 2.75) is 44.4 Å². The monoisotopic (exact) mass is 598 g/mol. The number of hydrogen-bond donors (Lipinski definition) is 3. The molecular weight excluding hydrogens is 562 g/mol. The number of hydrogen-bond acceptors (Lipinski definition) is 5. The number of β-amino-alcohol motifs (C(OH)–C–C–N with tert-alkyl or cyclic N) is 1. The van der Waals surface area contributed by atoms with Crippen molar-refractivity contribution >= 4 is 10.9 Å². The summed E-state index contributed by atoms with van der Waals surface area (Å²) in [7, 11) is 0. The van der Waals surface area contributed by atoms with E-state index in [4.69, 9.17) is 9.47 Å². The minimum absolute atomic E-state index is 0.0831. The van der Waals surface area contributed by atoms with Crippen LogP contribution in [-0.4, -0.2) is 28.8 Å². The second-order valence-corrected chi connectivity index (χ2v) is 11.5. The number of nitrogens with one attached hydrogen (secondary N) is 2.